The molecule has 0 spiro atoms. The summed E-state index contributed by atoms with van der Waals surface area (Å²) >= 11 is 1.56. The number of aryl methyl sites for hydroxylation is 1. The highest BCUT2D eigenvalue weighted by molar-refractivity contribution is 7.19. The van der Waals surface area contributed by atoms with E-state index in [1.54, 1.807) is 11.3 Å². The van der Waals surface area contributed by atoms with Gasteiger partial charge in [0.1, 0.15) is 0 Å². The van der Waals surface area contributed by atoms with E-state index in [2.05, 4.69) is 20.2 Å². The number of thiophene rings is 1. The second-order valence-electron chi connectivity index (χ2n) is 6.34. The van der Waals surface area contributed by atoms with Crippen LogP contribution in [-0.4, -0.2) is 42.1 Å². The third kappa shape index (κ3) is 2.53. The van der Waals surface area contributed by atoms with Crippen LogP contribution in [0.4, 0.5) is 20.5 Å². The van der Waals surface area contributed by atoms with E-state index in [1.165, 1.54) is 0 Å². The lowest BCUT2D eigenvalue weighted by Crippen LogP contribution is -2.30. The normalized spacial score (nSPS) is 23.4. The lowest BCUT2D eigenvalue weighted by molar-refractivity contribution is -0.0113. The maximum Gasteiger partial charge on any atom is 0.252 e. The lowest BCUT2D eigenvalue weighted by Gasteiger charge is -2.21. The minimum absolute atomic E-state index is 0.0867. The van der Waals surface area contributed by atoms with Gasteiger partial charge in [-0.1, -0.05) is 0 Å². The van der Waals surface area contributed by atoms with Crippen molar-refractivity contribution in [1.29, 1.82) is 0 Å². The average molecular weight is 339 g/mol. The molecule has 2 aromatic rings. The molecule has 0 saturated carbocycles. The molecule has 3 heterocycles. The molecule has 0 aromatic carbocycles. The van der Waals surface area contributed by atoms with Crippen LogP contribution in [-0.2, 0) is 12.8 Å². The van der Waals surface area contributed by atoms with Crippen molar-refractivity contribution in [2.24, 2.45) is 0 Å². The van der Waals surface area contributed by atoms with Crippen molar-refractivity contribution in [3.05, 3.63) is 10.4 Å². The highest BCUT2D eigenvalue weighted by Crippen LogP contribution is 2.43. The number of rotatable bonds is 2. The smallest absolute Gasteiger partial charge is 0.252 e. The molecule has 4 rings (SSSR count). The van der Waals surface area contributed by atoms with Crippen molar-refractivity contribution in [2.45, 2.75) is 37.6 Å². The number of hydrogen-bond acceptors (Lipinski definition) is 6. The number of halogens is 2. The third-order valence-electron chi connectivity index (χ3n) is 4.76. The highest BCUT2D eigenvalue weighted by atomic mass is 32.1. The molecular formula is C15H19F2N5S. The first kappa shape index (κ1) is 15.0. The van der Waals surface area contributed by atoms with E-state index in [0.717, 1.165) is 34.9 Å². The summed E-state index contributed by atoms with van der Waals surface area (Å²) in [6.07, 6.45) is 1.11. The molecule has 1 aliphatic carbocycles. The zero-order chi connectivity index (χ0) is 16.2. The van der Waals surface area contributed by atoms with Gasteiger partial charge in [0.05, 0.1) is 10.2 Å². The first-order valence-corrected chi connectivity index (χ1v) is 8.66. The van der Waals surface area contributed by atoms with Crippen LogP contribution in [0.3, 0.4) is 0 Å². The molecule has 1 atom stereocenters. The molecule has 2 aromatic heterocycles. The maximum atomic E-state index is 13.8. The van der Waals surface area contributed by atoms with Gasteiger partial charge in [0, 0.05) is 36.9 Å². The Morgan fingerprint density at radius 3 is 2.96 bits per heavy atom. The van der Waals surface area contributed by atoms with Crippen LogP contribution >= 0.6 is 11.3 Å². The van der Waals surface area contributed by atoms with Crippen LogP contribution < -0.4 is 16.0 Å². The van der Waals surface area contributed by atoms with Crippen molar-refractivity contribution >= 4 is 33.3 Å². The lowest BCUT2D eigenvalue weighted by atomic mass is 9.95. The number of aromatic nitrogens is 2. The van der Waals surface area contributed by atoms with Gasteiger partial charge in [-0.25, -0.2) is 13.8 Å². The van der Waals surface area contributed by atoms with Crippen LogP contribution in [0.5, 0.6) is 0 Å². The summed E-state index contributed by atoms with van der Waals surface area (Å²) in [4.78, 5) is 11.9. The number of hydrogen-bond donors (Lipinski definition) is 2. The fourth-order valence-corrected chi connectivity index (χ4v) is 4.78. The van der Waals surface area contributed by atoms with Crippen LogP contribution in [0.15, 0.2) is 0 Å². The van der Waals surface area contributed by atoms with Gasteiger partial charge in [-0.05, 0) is 25.5 Å². The Labute approximate surface area is 136 Å². The average Bonchev–Trinajstić information content (AvgIpc) is 3.10. The van der Waals surface area contributed by atoms with Crippen LogP contribution in [0.2, 0.25) is 0 Å². The van der Waals surface area contributed by atoms with Crippen molar-refractivity contribution in [3.63, 3.8) is 0 Å². The van der Waals surface area contributed by atoms with Gasteiger partial charge in [0.15, 0.2) is 5.82 Å². The Balaban J connectivity index is 1.82. The fraction of sp³-hybridized carbons (Fsp3) is 0.600. The first-order valence-electron chi connectivity index (χ1n) is 7.84. The molecule has 0 radical (unpaired) electrons. The predicted octanol–water partition coefficient (Wildman–Crippen LogP) is 2.20. The molecule has 1 aliphatic heterocycles. The molecule has 0 unspecified atom stereocenters. The zero-order valence-corrected chi connectivity index (χ0v) is 13.7. The second kappa shape index (κ2) is 5.24. The quantitative estimate of drug-likeness (QED) is 0.878. The van der Waals surface area contributed by atoms with Gasteiger partial charge in [-0.15, -0.1) is 11.3 Å². The number of nitrogens with one attached hydrogen (secondary N) is 1. The summed E-state index contributed by atoms with van der Waals surface area (Å²) in [5.41, 5.74) is 7.16. The molecule has 2 aliphatic rings. The number of fused-ring (bicyclic) bond motifs is 3. The van der Waals surface area contributed by atoms with Gasteiger partial charge in [0.2, 0.25) is 5.95 Å². The topological polar surface area (TPSA) is 67.1 Å². The molecule has 23 heavy (non-hydrogen) atoms. The van der Waals surface area contributed by atoms with Gasteiger partial charge in [0.25, 0.3) is 5.92 Å². The minimum atomic E-state index is -2.65. The number of nitrogen functional groups attached to an aromatic ring is 1. The summed E-state index contributed by atoms with van der Waals surface area (Å²) in [6.45, 7) is 1.73. The largest absolute Gasteiger partial charge is 0.368 e. The van der Waals surface area contributed by atoms with Gasteiger partial charge < -0.3 is 16.0 Å². The van der Waals surface area contributed by atoms with Crippen LogP contribution in [0, 0.1) is 0 Å². The fourth-order valence-electron chi connectivity index (χ4n) is 3.50. The molecule has 0 bridgehead atoms. The molecule has 124 valence electrons. The van der Waals surface area contributed by atoms with Gasteiger partial charge in [-0.3, -0.25) is 0 Å². The van der Waals surface area contributed by atoms with Gasteiger partial charge >= 0.3 is 0 Å². The third-order valence-corrected chi connectivity index (χ3v) is 6.04. The Morgan fingerprint density at radius 1 is 1.39 bits per heavy atom. The molecule has 1 fully saturated rings. The van der Waals surface area contributed by atoms with Crippen molar-refractivity contribution in [1.82, 2.24) is 15.3 Å². The maximum absolute atomic E-state index is 13.8. The Kier molecular flexibility index (Phi) is 3.42. The molecule has 0 amide bonds. The first-order chi connectivity index (χ1) is 11.0. The van der Waals surface area contributed by atoms with E-state index in [4.69, 9.17) is 5.73 Å². The number of nitrogens with two attached hydrogens (primary N) is 1. The standard InChI is InChI=1S/C15H19F2N5S/c1-19-8-3-5-22(7-8)13-12-11(20-14(18)21-13)9-6-15(16,17)4-2-10(9)23-12/h8,19H,2-7H2,1H3,(H2,18,20,21)/t8-/m1/s1. The Bertz CT molecular complexity index is 760. The highest BCUT2D eigenvalue weighted by Gasteiger charge is 2.37. The number of alkyl halides is 2. The Morgan fingerprint density at radius 2 is 2.22 bits per heavy atom. The van der Waals surface area contributed by atoms with Crippen LogP contribution in [0.1, 0.15) is 23.3 Å². The summed E-state index contributed by atoms with van der Waals surface area (Å²) < 4.78 is 28.5. The predicted molar refractivity (Wildman–Crippen MR) is 88.5 cm³/mol. The molecular weight excluding hydrogens is 320 g/mol. The molecule has 1 saturated heterocycles. The summed E-state index contributed by atoms with van der Waals surface area (Å²) in [5.74, 6) is -1.69. The van der Waals surface area contributed by atoms with E-state index in [-0.39, 0.29) is 18.8 Å². The number of anilines is 2. The summed E-state index contributed by atoms with van der Waals surface area (Å²) in [5, 5.41) is 3.27. The van der Waals surface area contributed by atoms with Crippen molar-refractivity contribution < 1.29 is 8.78 Å². The minimum Gasteiger partial charge on any atom is -0.368 e. The molecule has 8 heteroatoms. The SMILES string of the molecule is CN[C@@H]1CCN(c2nc(N)nc3c4c(sc23)CCC(F)(F)C4)C1. The summed E-state index contributed by atoms with van der Waals surface area (Å²) in [7, 11) is 1.95. The van der Waals surface area contributed by atoms with Gasteiger partial charge in [-0.2, -0.15) is 4.98 Å². The number of likely N-dealkylation sites (N-methyl/N-ethyl adjacent to an activating group) is 1. The zero-order valence-electron chi connectivity index (χ0n) is 12.9. The van der Waals surface area contributed by atoms with E-state index < -0.39 is 5.92 Å². The van der Waals surface area contributed by atoms with E-state index in [0.29, 0.717) is 23.5 Å². The monoisotopic (exact) mass is 339 g/mol. The van der Waals surface area contributed by atoms with Crippen molar-refractivity contribution in [3.8, 4) is 0 Å². The van der Waals surface area contributed by atoms with E-state index in [1.807, 2.05) is 7.05 Å². The molecule has 3 N–H and O–H groups in total. The molecule has 5 nitrogen and oxygen atoms in total. The Hall–Kier alpha value is -1.54. The second-order valence-corrected chi connectivity index (χ2v) is 7.45. The summed E-state index contributed by atoms with van der Waals surface area (Å²) in [6, 6.07) is 0.417. The van der Waals surface area contributed by atoms with Crippen molar-refractivity contribution in [2.75, 3.05) is 30.8 Å². The number of nitrogens with zero attached hydrogens (tertiary/aromatic N) is 3. The van der Waals surface area contributed by atoms with Crippen LogP contribution in [0.25, 0.3) is 10.2 Å². The van der Waals surface area contributed by atoms with E-state index >= 15 is 0 Å². The van der Waals surface area contributed by atoms with E-state index in [9.17, 15) is 8.78 Å².